The summed E-state index contributed by atoms with van der Waals surface area (Å²) in [5.74, 6) is 1.96. The van der Waals surface area contributed by atoms with Crippen molar-refractivity contribution in [2.45, 2.75) is 66.0 Å². The summed E-state index contributed by atoms with van der Waals surface area (Å²) < 4.78 is 0. The highest BCUT2D eigenvalue weighted by molar-refractivity contribution is 5.49. The lowest BCUT2D eigenvalue weighted by Gasteiger charge is -2.27. The second-order valence-electron chi connectivity index (χ2n) is 6.80. The average molecular weight is 290 g/mol. The molecule has 0 atom stereocenters. The zero-order valence-corrected chi connectivity index (χ0v) is 14.2. The number of hydrogen-bond acceptors (Lipinski definition) is 4. The fourth-order valence-electron chi connectivity index (χ4n) is 2.47. The van der Waals surface area contributed by atoms with Crippen LogP contribution in [0, 0.1) is 5.92 Å². The molecule has 1 N–H and O–H groups in total. The van der Waals surface area contributed by atoms with Crippen molar-refractivity contribution in [2.24, 2.45) is 5.92 Å². The van der Waals surface area contributed by atoms with Gasteiger partial charge in [-0.2, -0.15) is 0 Å². The first kappa shape index (κ1) is 16.2. The minimum absolute atomic E-state index is 0.374. The first-order chi connectivity index (χ1) is 10.0. The summed E-state index contributed by atoms with van der Waals surface area (Å²) in [6.07, 6.45) is 4.64. The molecule has 0 spiro atoms. The molecule has 0 amide bonds. The Morgan fingerprint density at radius 3 is 2.52 bits per heavy atom. The molecule has 1 heterocycles. The monoisotopic (exact) mass is 290 g/mol. The Bertz CT molecular complexity index is 452. The topological polar surface area (TPSA) is 41.1 Å². The Morgan fingerprint density at radius 2 is 2.00 bits per heavy atom. The molecule has 2 rings (SSSR count). The molecule has 1 aromatic rings. The molecule has 1 aliphatic carbocycles. The first-order valence-corrected chi connectivity index (χ1v) is 8.35. The van der Waals surface area contributed by atoms with Crippen LogP contribution in [0.25, 0.3) is 0 Å². The minimum Gasteiger partial charge on any atom is -0.369 e. The predicted molar refractivity (Wildman–Crippen MR) is 88.7 cm³/mol. The van der Waals surface area contributed by atoms with Crippen LogP contribution in [0.15, 0.2) is 6.20 Å². The third-order valence-corrected chi connectivity index (χ3v) is 3.82. The van der Waals surface area contributed by atoms with Gasteiger partial charge in [-0.25, -0.2) is 9.97 Å². The molecule has 1 aromatic heterocycles. The molecule has 0 bridgehead atoms. The van der Waals surface area contributed by atoms with Gasteiger partial charge in [-0.1, -0.05) is 27.7 Å². The molecule has 0 unspecified atom stereocenters. The molecule has 0 saturated heterocycles. The Balaban J connectivity index is 2.22. The van der Waals surface area contributed by atoms with Crippen LogP contribution in [-0.4, -0.2) is 29.1 Å². The lowest BCUT2D eigenvalue weighted by molar-refractivity contribution is 0.606. The van der Waals surface area contributed by atoms with E-state index in [-0.39, 0.29) is 0 Å². The van der Waals surface area contributed by atoms with E-state index in [9.17, 15) is 0 Å². The molecule has 1 aliphatic rings. The fourth-order valence-corrected chi connectivity index (χ4v) is 2.47. The van der Waals surface area contributed by atoms with E-state index in [1.807, 2.05) is 6.20 Å². The highest BCUT2D eigenvalue weighted by atomic mass is 15.2. The summed E-state index contributed by atoms with van der Waals surface area (Å²) in [6, 6.07) is 0.704. The second kappa shape index (κ2) is 7.21. The Labute approximate surface area is 129 Å². The van der Waals surface area contributed by atoms with Gasteiger partial charge in [-0.15, -0.1) is 0 Å². The fraction of sp³-hybridized carbons (Fsp3) is 0.765. The van der Waals surface area contributed by atoms with Crippen LogP contribution in [0.5, 0.6) is 0 Å². The van der Waals surface area contributed by atoms with Gasteiger partial charge in [0.2, 0.25) is 0 Å². The van der Waals surface area contributed by atoms with Crippen molar-refractivity contribution in [3.05, 3.63) is 17.7 Å². The van der Waals surface area contributed by atoms with Gasteiger partial charge in [-0.3, -0.25) is 0 Å². The number of anilines is 1. The maximum Gasteiger partial charge on any atom is 0.131 e. The van der Waals surface area contributed by atoms with Gasteiger partial charge in [0.25, 0.3) is 0 Å². The second-order valence-corrected chi connectivity index (χ2v) is 6.80. The Morgan fingerprint density at radius 1 is 1.29 bits per heavy atom. The molecule has 1 saturated carbocycles. The molecular weight excluding hydrogens is 260 g/mol. The smallest absolute Gasteiger partial charge is 0.131 e. The quantitative estimate of drug-likeness (QED) is 0.797. The average Bonchev–Trinajstić information content (AvgIpc) is 3.26. The molecule has 0 aromatic carbocycles. The zero-order valence-electron chi connectivity index (χ0n) is 14.2. The summed E-state index contributed by atoms with van der Waals surface area (Å²) in [5, 5.41) is 3.59. The lowest BCUT2D eigenvalue weighted by Crippen LogP contribution is -2.30. The van der Waals surface area contributed by atoms with Gasteiger partial charge in [0.05, 0.1) is 17.6 Å². The predicted octanol–water partition coefficient (Wildman–Crippen LogP) is 3.33. The lowest BCUT2D eigenvalue weighted by atomic mass is 10.1. The third-order valence-electron chi connectivity index (χ3n) is 3.82. The van der Waals surface area contributed by atoms with E-state index in [2.05, 4.69) is 49.8 Å². The molecular formula is C17H30N4. The van der Waals surface area contributed by atoms with Crippen molar-refractivity contribution in [3.63, 3.8) is 0 Å². The standard InChI is InChI=1S/C17H30N4/c1-6-21(11-12(2)3)16-10-19-17(13(4)5)20-15(16)9-18-14-7-8-14/h10,12-14,18H,6-9,11H2,1-5H3. The largest absolute Gasteiger partial charge is 0.369 e. The maximum absolute atomic E-state index is 4.83. The van der Waals surface area contributed by atoms with Crippen LogP contribution >= 0.6 is 0 Å². The first-order valence-electron chi connectivity index (χ1n) is 8.35. The van der Waals surface area contributed by atoms with Crippen LogP contribution in [0.1, 0.15) is 64.9 Å². The van der Waals surface area contributed by atoms with Crippen molar-refractivity contribution in [1.29, 1.82) is 0 Å². The van der Waals surface area contributed by atoms with Gasteiger partial charge < -0.3 is 10.2 Å². The van der Waals surface area contributed by atoms with Crippen molar-refractivity contribution in [2.75, 3.05) is 18.0 Å². The number of hydrogen-bond donors (Lipinski definition) is 1. The summed E-state index contributed by atoms with van der Waals surface area (Å²) in [5.41, 5.74) is 2.35. The highest BCUT2D eigenvalue weighted by Crippen LogP contribution is 2.24. The zero-order chi connectivity index (χ0) is 15.4. The molecule has 21 heavy (non-hydrogen) atoms. The molecule has 118 valence electrons. The third kappa shape index (κ3) is 4.67. The van der Waals surface area contributed by atoms with E-state index in [1.54, 1.807) is 0 Å². The van der Waals surface area contributed by atoms with Crippen LogP contribution in [0.3, 0.4) is 0 Å². The van der Waals surface area contributed by atoms with Crippen molar-refractivity contribution in [3.8, 4) is 0 Å². The highest BCUT2D eigenvalue weighted by Gasteiger charge is 2.22. The van der Waals surface area contributed by atoms with Crippen LogP contribution in [0.4, 0.5) is 5.69 Å². The summed E-state index contributed by atoms with van der Waals surface area (Å²) in [4.78, 5) is 11.8. The molecule has 4 heteroatoms. The molecule has 1 fully saturated rings. The minimum atomic E-state index is 0.374. The van der Waals surface area contributed by atoms with Crippen molar-refractivity contribution in [1.82, 2.24) is 15.3 Å². The number of nitrogens with one attached hydrogen (secondary N) is 1. The molecule has 0 radical (unpaired) electrons. The van der Waals surface area contributed by atoms with Gasteiger partial charge in [-0.05, 0) is 25.7 Å². The molecule has 4 nitrogen and oxygen atoms in total. The van der Waals surface area contributed by atoms with Crippen molar-refractivity contribution >= 4 is 5.69 Å². The number of nitrogens with zero attached hydrogens (tertiary/aromatic N) is 3. The van der Waals surface area contributed by atoms with Gasteiger partial charge in [0.15, 0.2) is 0 Å². The van der Waals surface area contributed by atoms with Crippen LogP contribution in [-0.2, 0) is 6.54 Å². The number of aromatic nitrogens is 2. The van der Waals surface area contributed by atoms with Crippen LogP contribution in [0.2, 0.25) is 0 Å². The summed E-state index contributed by atoms with van der Waals surface area (Å²) in [6.45, 7) is 13.9. The van der Waals surface area contributed by atoms with E-state index in [4.69, 9.17) is 4.98 Å². The van der Waals surface area contributed by atoms with E-state index < -0.39 is 0 Å². The Hall–Kier alpha value is -1.16. The van der Waals surface area contributed by atoms with E-state index in [0.29, 0.717) is 17.9 Å². The van der Waals surface area contributed by atoms with E-state index >= 15 is 0 Å². The SMILES string of the molecule is CCN(CC(C)C)c1cnc(C(C)C)nc1CNC1CC1. The van der Waals surface area contributed by atoms with E-state index in [0.717, 1.165) is 31.2 Å². The van der Waals surface area contributed by atoms with Gasteiger partial charge in [0, 0.05) is 31.6 Å². The maximum atomic E-state index is 4.83. The number of rotatable bonds is 8. The summed E-state index contributed by atoms with van der Waals surface area (Å²) in [7, 11) is 0. The summed E-state index contributed by atoms with van der Waals surface area (Å²) >= 11 is 0. The van der Waals surface area contributed by atoms with Gasteiger partial charge >= 0.3 is 0 Å². The Kier molecular flexibility index (Phi) is 5.57. The normalized spacial score (nSPS) is 15.0. The molecule has 0 aliphatic heterocycles. The van der Waals surface area contributed by atoms with Gasteiger partial charge in [0.1, 0.15) is 5.82 Å². The van der Waals surface area contributed by atoms with Crippen LogP contribution < -0.4 is 10.2 Å². The van der Waals surface area contributed by atoms with E-state index in [1.165, 1.54) is 18.5 Å². The van der Waals surface area contributed by atoms with Crippen molar-refractivity contribution < 1.29 is 0 Å².